The molecular weight excluding hydrogens is 426 g/mol. The second-order valence-electron chi connectivity index (χ2n) is 6.71. The molecule has 0 fully saturated rings. The Bertz CT molecular complexity index is 1140. The average Bonchev–Trinajstić information content (AvgIpc) is 3.08. The number of benzene rings is 1. The van der Waals surface area contributed by atoms with E-state index in [-0.39, 0.29) is 23.0 Å². The predicted octanol–water partition coefficient (Wildman–Crippen LogP) is 4.32. The minimum Gasteiger partial charge on any atom is -0.351 e. The first-order valence-electron chi connectivity index (χ1n) is 8.78. The molecule has 0 radical (unpaired) electrons. The molecule has 156 valence electrons. The number of alkyl halides is 3. The maximum absolute atomic E-state index is 13.6. The summed E-state index contributed by atoms with van der Waals surface area (Å²) in [6, 6.07) is 5.04. The first kappa shape index (κ1) is 20.1. The van der Waals surface area contributed by atoms with Crippen molar-refractivity contribution in [2.24, 2.45) is 5.73 Å². The molecule has 0 unspecified atom stereocenters. The first-order chi connectivity index (χ1) is 14.1. The van der Waals surface area contributed by atoms with Crippen molar-refractivity contribution in [3.63, 3.8) is 0 Å². The number of halogens is 5. The van der Waals surface area contributed by atoms with Gasteiger partial charge in [-0.1, -0.05) is 11.6 Å². The van der Waals surface area contributed by atoms with Crippen LogP contribution in [0.4, 0.5) is 22.4 Å². The van der Waals surface area contributed by atoms with Crippen molar-refractivity contribution < 1.29 is 22.4 Å². The number of primary amides is 1. The lowest BCUT2D eigenvalue weighted by molar-refractivity contribution is -0.137. The van der Waals surface area contributed by atoms with Gasteiger partial charge in [0.1, 0.15) is 11.5 Å². The number of carbonyl (C=O) groups is 1. The second kappa shape index (κ2) is 7.28. The highest BCUT2D eigenvalue weighted by atomic mass is 35.5. The van der Waals surface area contributed by atoms with Crippen molar-refractivity contribution in [2.45, 2.75) is 19.3 Å². The summed E-state index contributed by atoms with van der Waals surface area (Å²) >= 11 is 5.90. The SMILES string of the molecule is NC(=O)N1CCn2nc(-c3ccc(F)c(Cl)c3)c(-c3cc(C(F)(F)F)ccn3)c2C1. The van der Waals surface area contributed by atoms with Crippen molar-refractivity contribution in [3.8, 4) is 22.5 Å². The van der Waals surface area contributed by atoms with Crippen molar-refractivity contribution >= 4 is 17.6 Å². The van der Waals surface area contributed by atoms with E-state index in [4.69, 9.17) is 17.3 Å². The Balaban J connectivity index is 1.94. The van der Waals surface area contributed by atoms with Crippen LogP contribution in [-0.4, -0.2) is 32.2 Å². The Morgan fingerprint density at radius 3 is 2.60 bits per heavy atom. The number of carbonyl (C=O) groups excluding carboxylic acids is 1. The van der Waals surface area contributed by atoms with Gasteiger partial charge in [-0.25, -0.2) is 9.18 Å². The normalized spacial score (nSPS) is 14.0. The van der Waals surface area contributed by atoms with Gasteiger partial charge in [-0.15, -0.1) is 0 Å². The number of urea groups is 1. The number of nitrogens with zero attached hydrogens (tertiary/aromatic N) is 4. The maximum Gasteiger partial charge on any atom is 0.416 e. The molecule has 0 spiro atoms. The standard InChI is InChI=1S/C19H14ClF4N5O/c20-12-7-10(1-2-13(12)21)17-16(14-8-11(3-4-26-14)19(22,23)24)15-9-28(18(25)30)5-6-29(15)27-17/h1-4,7-8H,5-6,9H2,(H2,25,30). The monoisotopic (exact) mass is 439 g/mol. The topological polar surface area (TPSA) is 77.0 Å². The van der Waals surface area contributed by atoms with E-state index in [1.165, 1.54) is 17.0 Å². The van der Waals surface area contributed by atoms with Gasteiger partial charge in [0.15, 0.2) is 0 Å². The molecule has 11 heteroatoms. The van der Waals surface area contributed by atoms with Crippen LogP contribution in [0, 0.1) is 5.82 Å². The average molecular weight is 440 g/mol. The van der Waals surface area contributed by atoms with E-state index in [1.54, 1.807) is 4.68 Å². The minimum atomic E-state index is -4.57. The van der Waals surface area contributed by atoms with E-state index in [9.17, 15) is 22.4 Å². The van der Waals surface area contributed by atoms with E-state index in [1.807, 2.05) is 0 Å². The van der Waals surface area contributed by atoms with Crippen molar-refractivity contribution in [1.82, 2.24) is 19.7 Å². The molecule has 1 aliphatic rings. The molecule has 3 aromatic rings. The summed E-state index contributed by atoms with van der Waals surface area (Å²) in [7, 11) is 0. The molecule has 2 N–H and O–H groups in total. The fourth-order valence-corrected chi connectivity index (χ4v) is 3.54. The zero-order chi connectivity index (χ0) is 21.6. The molecule has 1 aromatic carbocycles. The van der Waals surface area contributed by atoms with Gasteiger partial charge in [0, 0.05) is 18.3 Å². The number of rotatable bonds is 2. The van der Waals surface area contributed by atoms with E-state index < -0.39 is 23.6 Å². The van der Waals surface area contributed by atoms with E-state index >= 15 is 0 Å². The van der Waals surface area contributed by atoms with Gasteiger partial charge in [-0.05, 0) is 30.3 Å². The Hall–Kier alpha value is -3.14. The van der Waals surface area contributed by atoms with Gasteiger partial charge in [-0.2, -0.15) is 18.3 Å². The molecule has 3 heterocycles. The van der Waals surface area contributed by atoms with E-state index in [2.05, 4.69) is 10.1 Å². The fraction of sp³-hybridized carbons (Fsp3) is 0.211. The summed E-state index contributed by atoms with van der Waals surface area (Å²) in [5, 5.41) is 4.34. The van der Waals surface area contributed by atoms with Crippen LogP contribution in [0.2, 0.25) is 5.02 Å². The van der Waals surface area contributed by atoms with Crippen LogP contribution in [0.3, 0.4) is 0 Å². The van der Waals surface area contributed by atoms with E-state index in [0.29, 0.717) is 29.9 Å². The smallest absolute Gasteiger partial charge is 0.351 e. The third kappa shape index (κ3) is 3.58. The lowest BCUT2D eigenvalue weighted by atomic mass is 10.0. The number of fused-ring (bicyclic) bond motifs is 1. The van der Waals surface area contributed by atoms with Crippen LogP contribution in [-0.2, 0) is 19.3 Å². The van der Waals surface area contributed by atoms with Gasteiger partial charge in [-0.3, -0.25) is 9.67 Å². The molecule has 6 nitrogen and oxygen atoms in total. The van der Waals surface area contributed by atoms with Crippen LogP contribution in [0.25, 0.3) is 22.5 Å². The molecular formula is C19H14ClF4N5O. The van der Waals surface area contributed by atoms with Gasteiger partial charge in [0.25, 0.3) is 0 Å². The lowest BCUT2D eigenvalue weighted by Crippen LogP contribution is -2.41. The van der Waals surface area contributed by atoms with Gasteiger partial charge < -0.3 is 10.6 Å². The third-order valence-corrected chi connectivity index (χ3v) is 5.12. The molecule has 0 saturated heterocycles. The maximum atomic E-state index is 13.6. The minimum absolute atomic E-state index is 0.0212. The van der Waals surface area contributed by atoms with Crippen LogP contribution in [0.5, 0.6) is 0 Å². The lowest BCUT2D eigenvalue weighted by Gasteiger charge is -2.26. The highest BCUT2D eigenvalue weighted by Gasteiger charge is 2.33. The predicted molar refractivity (Wildman–Crippen MR) is 101 cm³/mol. The second-order valence-corrected chi connectivity index (χ2v) is 7.12. The van der Waals surface area contributed by atoms with Crippen molar-refractivity contribution in [2.75, 3.05) is 6.54 Å². The Morgan fingerprint density at radius 1 is 1.17 bits per heavy atom. The fourth-order valence-electron chi connectivity index (χ4n) is 3.36. The van der Waals surface area contributed by atoms with Gasteiger partial charge in [0.2, 0.25) is 0 Å². The summed E-state index contributed by atoms with van der Waals surface area (Å²) in [6.45, 7) is 0.632. The van der Waals surface area contributed by atoms with Crippen molar-refractivity contribution in [1.29, 1.82) is 0 Å². The number of hydrogen-bond acceptors (Lipinski definition) is 3. The van der Waals surface area contributed by atoms with Crippen molar-refractivity contribution in [3.05, 3.63) is 58.6 Å². The van der Waals surface area contributed by atoms with Crippen LogP contribution in [0.1, 0.15) is 11.3 Å². The van der Waals surface area contributed by atoms with E-state index in [0.717, 1.165) is 24.4 Å². The number of amides is 2. The number of hydrogen-bond donors (Lipinski definition) is 1. The Morgan fingerprint density at radius 2 is 1.93 bits per heavy atom. The summed E-state index contributed by atoms with van der Waals surface area (Å²) < 4.78 is 55.0. The molecule has 1 aliphatic heterocycles. The highest BCUT2D eigenvalue weighted by molar-refractivity contribution is 6.31. The Labute approximate surface area is 172 Å². The summed E-state index contributed by atoms with van der Waals surface area (Å²) in [6.07, 6.45) is -3.51. The zero-order valence-corrected chi connectivity index (χ0v) is 16.0. The zero-order valence-electron chi connectivity index (χ0n) is 15.2. The first-order valence-corrected chi connectivity index (χ1v) is 9.16. The summed E-state index contributed by atoms with van der Waals surface area (Å²) in [5.74, 6) is -0.636. The largest absolute Gasteiger partial charge is 0.416 e. The van der Waals surface area contributed by atoms with Crippen LogP contribution >= 0.6 is 11.6 Å². The summed E-state index contributed by atoms with van der Waals surface area (Å²) in [4.78, 5) is 17.1. The Kier molecular flexibility index (Phi) is 4.89. The van der Waals surface area contributed by atoms with Crippen LogP contribution in [0.15, 0.2) is 36.5 Å². The molecule has 0 saturated carbocycles. The van der Waals surface area contributed by atoms with Gasteiger partial charge >= 0.3 is 12.2 Å². The molecule has 30 heavy (non-hydrogen) atoms. The van der Waals surface area contributed by atoms with Gasteiger partial charge in [0.05, 0.1) is 40.6 Å². The third-order valence-electron chi connectivity index (χ3n) is 4.83. The molecule has 0 aliphatic carbocycles. The highest BCUT2D eigenvalue weighted by Crippen LogP contribution is 2.38. The molecule has 4 rings (SSSR count). The molecule has 2 aromatic heterocycles. The molecule has 2 amide bonds. The number of nitrogens with two attached hydrogens (primary N) is 1. The number of pyridine rings is 1. The number of aromatic nitrogens is 3. The summed E-state index contributed by atoms with van der Waals surface area (Å²) in [5.41, 5.74) is 5.99. The molecule has 0 bridgehead atoms. The molecule has 0 atom stereocenters. The quantitative estimate of drug-likeness (QED) is 0.604. The van der Waals surface area contributed by atoms with Crippen LogP contribution < -0.4 is 5.73 Å².